The predicted octanol–water partition coefficient (Wildman–Crippen LogP) is 4.57. The molecule has 6 nitrogen and oxygen atoms in total. The number of carbonyl (C=O) groups is 1. The molecule has 2 N–H and O–H groups in total. The number of aromatic nitrogens is 3. The van der Waals surface area contributed by atoms with Crippen LogP contribution in [0, 0.1) is 5.41 Å². The Labute approximate surface area is 150 Å². The van der Waals surface area contributed by atoms with Crippen molar-refractivity contribution in [1.29, 1.82) is 0 Å². The first kappa shape index (κ1) is 17.2. The molecule has 0 aliphatic heterocycles. The third kappa shape index (κ3) is 3.74. The lowest BCUT2D eigenvalue weighted by molar-refractivity contribution is 0.0698. The molecule has 0 saturated heterocycles. The highest BCUT2D eigenvalue weighted by molar-refractivity contribution is 6.31. The molecule has 3 aromatic rings. The Hall–Kier alpha value is -2.60. The van der Waals surface area contributed by atoms with Crippen LogP contribution in [0.3, 0.4) is 0 Å². The third-order valence-corrected chi connectivity index (χ3v) is 3.88. The Bertz CT molecular complexity index is 944. The minimum Gasteiger partial charge on any atom is -0.478 e. The van der Waals surface area contributed by atoms with E-state index in [1.165, 1.54) is 18.5 Å². The zero-order valence-corrected chi connectivity index (χ0v) is 15.0. The van der Waals surface area contributed by atoms with Gasteiger partial charge in [0, 0.05) is 23.2 Å². The number of aromatic carboxylic acids is 1. The summed E-state index contributed by atoms with van der Waals surface area (Å²) in [5, 5.41) is 18.5. The van der Waals surface area contributed by atoms with Gasteiger partial charge in [-0.2, -0.15) is 5.10 Å². The molecule has 0 unspecified atom stereocenters. The first-order chi connectivity index (χ1) is 11.7. The monoisotopic (exact) mass is 358 g/mol. The number of carboxylic acids is 1. The van der Waals surface area contributed by atoms with Crippen LogP contribution in [0.2, 0.25) is 5.02 Å². The maximum absolute atomic E-state index is 11.4. The number of nitrogens with one attached hydrogen (secondary N) is 1. The number of hydrogen-bond acceptors (Lipinski definition) is 4. The van der Waals surface area contributed by atoms with Crippen LogP contribution in [0.1, 0.15) is 31.1 Å². The van der Waals surface area contributed by atoms with Crippen LogP contribution < -0.4 is 5.32 Å². The molecule has 25 heavy (non-hydrogen) atoms. The van der Waals surface area contributed by atoms with E-state index >= 15 is 0 Å². The standard InChI is InChI=1S/C18H19ClN4O2/c1-18(2,3)10-23-15-5-4-11(19)8-13(15)16(22-23)21-14-9-20-7-6-12(14)17(24)25/h4-9H,10H2,1-3H3,(H,21,22)(H,24,25). The van der Waals surface area contributed by atoms with Crippen LogP contribution in [-0.4, -0.2) is 25.8 Å². The van der Waals surface area contributed by atoms with Crippen LogP contribution in [0.4, 0.5) is 11.5 Å². The van der Waals surface area contributed by atoms with Gasteiger partial charge in [-0.1, -0.05) is 32.4 Å². The Morgan fingerprint density at radius 2 is 2.08 bits per heavy atom. The number of hydrogen-bond donors (Lipinski definition) is 2. The molecule has 3 rings (SSSR count). The van der Waals surface area contributed by atoms with Crippen LogP contribution in [0.25, 0.3) is 10.9 Å². The Balaban J connectivity index is 2.10. The van der Waals surface area contributed by atoms with Crippen molar-refractivity contribution in [3.05, 3.63) is 47.2 Å². The van der Waals surface area contributed by atoms with E-state index in [0.29, 0.717) is 23.1 Å². The van der Waals surface area contributed by atoms with Gasteiger partial charge in [0.1, 0.15) is 0 Å². The zero-order chi connectivity index (χ0) is 18.2. The first-order valence-corrected chi connectivity index (χ1v) is 8.23. The highest BCUT2D eigenvalue weighted by Crippen LogP contribution is 2.31. The first-order valence-electron chi connectivity index (χ1n) is 7.85. The number of carboxylic acid groups (broad SMARTS) is 1. The van der Waals surface area contributed by atoms with Gasteiger partial charge in [-0.15, -0.1) is 0 Å². The van der Waals surface area contributed by atoms with Crippen LogP contribution in [0.15, 0.2) is 36.7 Å². The Morgan fingerprint density at radius 1 is 1.32 bits per heavy atom. The average molecular weight is 359 g/mol. The van der Waals surface area contributed by atoms with Gasteiger partial charge in [0.25, 0.3) is 0 Å². The Morgan fingerprint density at radius 3 is 2.76 bits per heavy atom. The van der Waals surface area contributed by atoms with Crippen molar-refractivity contribution in [2.24, 2.45) is 5.41 Å². The van der Waals surface area contributed by atoms with Gasteiger partial charge in [0.15, 0.2) is 5.82 Å². The van der Waals surface area contributed by atoms with E-state index in [0.717, 1.165) is 10.9 Å². The number of halogens is 1. The van der Waals surface area contributed by atoms with Crippen molar-refractivity contribution in [3.8, 4) is 0 Å². The predicted molar refractivity (Wildman–Crippen MR) is 98.7 cm³/mol. The molecule has 0 aliphatic rings. The topological polar surface area (TPSA) is 80.0 Å². The summed E-state index contributed by atoms with van der Waals surface area (Å²) in [6.07, 6.45) is 2.92. The van der Waals surface area contributed by atoms with Crippen molar-refractivity contribution >= 4 is 40.0 Å². The quantitative estimate of drug-likeness (QED) is 0.713. The molecular formula is C18H19ClN4O2. The summed E-state index contributed by atoms with van der Waals surface area (Å²) in [5.41, 5.74) is 1.49. The molecule has 0 saturated carbocycles. The molecule has 0 fully saturated rings. The fraction of sp³-hybridized carbons (Fsp3) is 0.278. The molecule has 2 aromatic heterocycles. The van der Waals surface area contributed by atoms with Crippen LogP contribution in [-0.2, 0) is 6.54 Å². The molecular weight excluding hydrogens is 340 g/mol. The second-order valence-electron chi connectivity index (χ2n) is 7.08. The van der Waals surface area contributed by atoms with Crippen molar-refractivity contribution in [3.63, 3.8) is 0 Å². The smallest absolute Gasteiger partial charge is 0.337 e. The van der Waals surface area contributed by atoms with Gasteiger partial charge < -0.3 is 10.4 Å². The number of benzene rings is 1. The van der Waals surface area contributed by atoms with Crippen molar-refractivity contribution in [2.45, 2.75) is 27.3 Å². The highest BCUT2D eigenvalue weighted by atomic mass is 35.5. The lowest BCUT2D eigenvalue weighted by Gasteiger charge is -2.18. The second-order valence-corrected chi connectivity index (χ2v) is 7.52. The lowest BCUT2D eigenvalue weighted by atomic mass is 9.97. The average Bonchev–Trinajstić information content (AvgIpc) is 2.82. The minimum atomic E-state index is -1.03. The molecule has 0 amide bonds. The molecule has 130 valence electrons. The molecule has 0 spiro atoms. The van der Waals surface area contributed by atoms with Crippen molar-refractivity contribution in [2.75, 3.05) is 5.32 Å². The van der Waals surface area contributed by atoms with E-state index in [-0.39, 0.29) is 11.0 Å². The maximum atomic E-state index is 11.4. The van der Waals surface area contributed by atoms with E-state index < -0.39 is 5.97 Å². The van der Waals surface area contributed by atoms with E-state index in [1.54, 1.807) is 0 Å². The summed E-state index contributed by atoms with van der Waals surface area (Å²) in [7, 11) is 0. The van der Waals surface area contributed by atoms with E-state index in [2.05, 4.69) is 36.2 Å². The van der Waals surface area contributed by atoms with Gasteiger partial charge in [-0.25, -0.2) is 4.79 Å². The summed E-state index contributed by atoms with van der Waals surface area (Å²) in [4.78, 5) is 15.4. The van der Waals surface area contributed by atoms with Crippen LogP contribution >= 0.6 is 11.6 Å². The number of fused-ring (bicyclic) bond motifs is 1. The van der Waals surface area contributed by atoms with Crippen molar-refractivity contribution in [1.82, 2.24) is 14.8 Å². The van der Waals surface area contributed by atoms with E-state index in [9.17, 15) is 9.90 Å². The molecule has 0 aliphatic carbocycles. The molecule has 0 radical (unpaired) electrons. The normalized spacial score (nSPS) is 11.7. The largest absolute Gasteiger partial charge is 0.478 e. The molecule has 7 heteroatoms. The van der Waals surface area contributed by atoms with Gasteiger partial charge in [-0.3, -0.25) is 9.67 Å². The van der Waals surface area contributed by atoms with Gasteiger partial charge in [0.05, 0.1) is 23.0 Å². The fourth-order valence-electron chi connectivity index (χ4n) is 2.62. The number of pyridine rings is 1. The van der Waals surface area contributed by atoms with Gasteiger partial charge in [-0.05, 0) is 29.7 Å². The van der Waals surface area contributed by atoms with E-state index in [1.807, 2.05) is 22.9 Å². The van der Waals surface area contributed by atoms with Crippen molar-refractivity contribution < 1.29 is 9.90 Å². The number of rotatable bonds is 4. The molecule has 1 aromatic carbocycles. The van der Waals surface area contributed by atoms with Gasteiger partial charge in [0.2, 0.25) is 0 Å². The molecule has 0 bridgehead atoms. The zero-order valence-electron chi connectivity index (χ0n) is 14.2. The summed E-state index contributed by atoms with van der Waals surface area (Å²) in [6.45, 7) is 7.11. The van der Waals surface area contributed by atoms with Gasteiger partial charge >= 0.3 is 5.97 Å². The summed E-state index contributed by atoms with van der Waals surface area (Å²) < 4.78 is 1.91. The third-order valence-electron chi connectivity index (χ3n) is 3.64. The summed E-state index contributed by atoms with van der Waals surface area (Å²) in [6, 6.07) is 7.01. The summed E-state index contributed by atoms with van der Waals surface area (Å²) in [5.74, 6) is -0.474. The lowest BCUT2D eigenvalue weighted by Crippen LogP contribution is -2.16. The highest BCUT2D eigenvalue weighted by Gasteiger charge is 2.18. The minimum absolute atomic E-state index is 0.0381. The molecule has 2 heterocycles. The fourth-order valence-corrected chi connectivity index (χ4v) is 2.79. The van der Waals surface area contributed by atoms with Crippen LogP contribution in [0.5, 0.6) is 0 Å². The second kappa shape index (κ2) is 6.37. The molecule has 0 atom stereocenters. The SMILES string of the molecule is CC(C)(C)Cn1nc(Nc2cnccc2C(=O)O)c2cc(Cl)ccc21. The van der Waals surface area contributed by atoms with E-state index in [4.69, 9.17) is 11.6 Å². The maximum Gasteiger partial charge on any atom is 0.337 e. The Kier molecular flexibility index (Phi) is 4.39. The number of nitrogens with zero attached hydrogens (tertiary/aromatic N) is 3. The number of anilines is 2. The summed E-state index contributed by atoms with van der Waals surface area (Å²) >= 11 is 6.15.